The first-order chi connectivity index (χ1) is 8.22. The van der Waals surface area contributed by atoms with Crippen LogP contribution >= 0.6 is 11.8 Å². The van der Waals surface area contributed by atoms with Crippen LogP contribution in [0.25, 0.3) is 0 Å². The van der Waals surface area contributed by atoms with E-state index in [9.17, 15) is 4.79 Å². The lowest BCUT2D eigenvalue weighted by molar-refractivity contribution is -0.121. The molecule has 0 unspecified atom stereocenters. The summed E-state index contributed by atoms with van der Waals surface area (Å²) in [4.78, 5) is 13.0. The number of hydrogen-bond donors (Lipinski definition) is 2. The first kappa shape index (κ1) is 12.5. The van der Waals surface area contributed by atoms with E-state index in [0.29, 0.717) is 6.54 Å². The molecule has 0 heterocycles. The van der Waals surface area contributed by atoms with Crippen LogP contribution in [0.3, 0.4) is 0 Å². The Kier molecular flexibility index (Phi) is 3.74. The van der Waals surface area contributed by atoms with Crippen LogP contribution in [0, 0.1) is 0 Å². The summed E-state index contributed by atoms with van der Waals surface area (Å²) in [6.07, 6.45) is 4.16. The number of amides is 1. The van der Waals surface area contributed by atoms with Crippen LogP contribution in [0.5, 0.6) is 0 Å². The van der Waals surface area contributed by atoms with E-state index in [1.54, 1.807) is 18.8 Å². The van der Waals surface area contributed by atoms with Crippen LogP contribution in [0.15, 0.2) is 29.2 Å². The van der Waals surface area contributed by atoms with Crippen molar-refractivity contribution in [1.82, 2.24) is 10.6 Å². The minimum atomic E-state index is -0.104. The van der Waals surface area contributed by atoms with Crippen molar-refractivity contribution < 1.29 is 4.79 Å². The van der Waals surface area contributed by atoms with Gasteiger partial charge in [0.15, 0.2) is 0 Å². The molecule has 2 rings (SSSR count). The zero-order chi connectivity index (χ0) is 12.3. The molecule has 1 aliphatic rings. The van der Waals surface area contributed by atoms with Crippen molar-refractivity contribution in [2.45, 2.75) is 23.3 Å². The Morgan fingerprint density at radius 1 is 1.41 bits per heavy atom. The van der Waals surface area contributed by atoms with Gasteiger partial charge in [0.1, 0.15) is 0 Å². The van der Waals surface area contributed by atoms with Crippen LogP contribution < -0.4 is 10.6 Å². The molecule has 0 saturated heterocycles. The first-order valence-corrected chi connectivity index (χ1v) is 7.03. The van der Waals surface area contributed by atoms with Crippen molar-refractivity contribution in [3.8, 4) is 0 Å². The molecule has 1 saturated carbocycles. The first-order valence-electron chi connectivity index (χ1n) is 5.81. The Morgan fingerprint density at radius 2 is 2.12 bits per heavy atom. The topological polar surface area (TPSA) is 41.1 Å². The Labute approximate surface area is 106 Å². The average Bonchev–Trinajstić information content (AvgIpc) is 3.10. The maximum Gasteiger partial charge on any atom is 0.234 e. The zero-order valence-electron chi connectivity index (χ0n) is 10.2. The Hall–Kier alpha value is -1.00. The van der Waals surface area contributed by atoms with Gasteiger partial charge in [-0.2, -0.15) is 0 Å². The van der Waals surface area contributed by atoms with Gasteiger partial charge in [0.25, 0.3) is 0 Å². The van der Waals surface area contributed by atoms with Gasteiger partial charge < -0.3 is 10.6 Å². The molecule has 92 valence electrons. The van der Waals surface area contributed by atoms with Crippen molar-refractivity contribution in [3.05, 3.63) is 29.8 Å². The number of nitrogens with one attached hydrogen (secondary N) is 2. The van der Waals surface area contributed by atoms with Gasteiger partial charge in [-0.05, 0) is 37.8 Å². The molecule has 0 aromatic heterocycles. The molecule has 0 bridgehead atoms. The van der Waals surface area contributed by atoms with E-state index in [4.69, 9.17) is 0 Å². The van der Waals surface area contributed by atoms with Crippen LogP contribution in [0.2, 0.25) is 0 Å². The molecule has 0 atom stereocenters. The molecular formula is C13H18N2OS. The van der Waals surface area contributed by atoms with E-state index in [1.807, 2.05) is 12.1 Å². The van der Waals surface area contributed by atoms with E-state index >= 15 is 0 Å². The van der Waals surface area contributed by atoms with Gasteiger partial charge in [0.2, 0.25) is 5.91 Å². The van der Waals surface area contributed by atoms with Gasteiger partial charge in [0, 0.05) is 4.90 Å². The third-order valence-electron chi connectivity index (χ3n) is 3.09. The monoisotopic (exact) mass is 250 g/mol. The summed E-state index contributed by atoms with van der Waals surface area (Å²) < 4.78 is 0. The maximum atomic E-state index is 11.7. The third kappa shape index (κ3) is 2.64. The van der Waals surface area contributed by atoms with Crippen molar-refractivity contribution in [3.63, 3.8) is 0 Å². The normalized spacial score (nSPS) is 16.6. The molecule has 1 amide bonds. The van der Waals surface area contributed by atoms with Crippen molar-refractivity contribution >= 4 is 17.7 Å². The summed E-state index contributed by atoms with van der Waals surface area (Å²) in [6.45, 7) is 0.378. The third-order valence-corrected chi connectivity index (χ3v) is 3.88. The van der Waals surface area contributed by atoms with Gasteiger partial charge in [0.05, 0.1) is 12.1 Å². The minimum absolute atomic E-state index is 0.0703. The summed E-state index contributed by atoms with van der Waals surface area (Å²) in [6, 6.07) is 8.32. The lowest BCUT2D eigenvalue weighted by Crippen LogP contribution is -2.39. The molecule has 1 aromatic carbocycles. The maximum absolute atomic E-state index is 11.7. The smallest absolute Gasteiger partial charge is 0.234 e. The van der Waals surface area contributed by atoms with Crippen molar-refractivity contribution in [1.29, 1.82) is 0 Å². The van der Waals surface area contributed by atoms with Crippen LogP contribution in [-0.4, -0.2) is 25.8 Å². The van der Waals surface area contributed by atoms with Gasteiger partial charge in [-0.1, -0.05) is 18.2 Å². The van der Waals surface area contributed by atoms with E-state index in [-0.39, 0.29) is 11.4 Å². The molecule has 3 nitrogen and oxygen atoms in total. The van der Waals surface area contributed by atoms with Crippen molar-refractivity contribution in [2.75, 3.05) is 19.8 Å². The molecule has 2 N–H and O–H groups in total. The zero-order valence-corrected chi connectivity index (χ0v) is 11.1. The lowest BCUT2D eigenvalue weighted by Gasteiger charge is -2.20. The molecule has 1 aliphatic carbocycles. The SMILES string of the molecule is CNCC(=O)NC1(c2ccccc2SC)CC1. The largest absolute Gasteiger partial charge is 0.345 e. The highest BCUT2D eigenvalue weighted by Gasteiger charge is 2.46. The molecule has 4 heteroatoms. The second-order valence-electron chi connectivity index (χ2n) is 4.36. The molecule has 0 spiro atoms. The van der Waals surface area contributed by atoms with Crippen LogP contribution in [0.1, 0.15) is 18.4 Å². The lowest BCUT2D eigenvalue weighted by atomic mass is 10.0. The Bertz CT molecular complexity index is 416. The summed E-state index contributed by atoms with van der Waals surface area (Å²) in [7, 11) is 1.79. The van der Waals surface area contributed by atoms with Crippen LogP contribution in [-0.2, 0) is 10.3 Å². The van der Waals surface area contributed by atoms with Gasteiger partial charge in [-0.3, -0.25) is 4.79 Å². The molecule has 0 radical (unpaired) electrons. The number of rotatable bonds is 5. The summed E-state index contributed by atoms with van der Waals surface area (Å²) in [5.74, 6) is 0.0703. The number of hydrogen-bond acceptors (Lipinski definition) is 3. The number of benzene rings is 1. The summed E-state index contributed by atoms with van der Waals surface area (Å²) in [5, 5.41) is 6.03. The highest BCUT2D eigenvalue weighted by molar-refractivity contribution is 7.98. The highest BCUT2D eigenvalue weighted by Crippen LogP contribution is 2.48. The highest BCUT2D eigenvalue weighted by atomic mass is 32.2. The second kappa shape index (κ2) is 5.10. The Balaban J connectivity index is 2.18. The van der Waals surface area contributed by atoms with E-state index in [0.717, 1.165) is 12.8 Å². The fourth-order valence-corrected chi connectivity index (χ4v) is 2.80. The predicted molar refractivity (Wildman–Crippen MR) is 71.2 cm³/mol. The molecule has 1 fully saturated rings. The van der Waals surface area contributed by atoms with Crippen LogP contribution in [0.4, 0.5) is 0 Å². The number of thioether (sulfide) groups is 1. The molecule has 0 aliphatic heterocycles. The van der Waals surface area contributed by atoms with E-state index in [2.05, 4.69) is 29.0 Å². The van der Waals surface area contributed by atoms with Gasteiger partial charge >= 0.3 is 0 Å². The fourth-order valence-electron chi connectivity index (χ4n) is 2.10. The fraction of sp³-hybridized carbons (Fsp3) is 0.462. The van der Waals surface area contributed by atoms with E-state index < -0.39 is 0 Å². The Morgan fingerprint density at radius 3 is 2.71 bits per heavy atom. The minimum Gasteiger partial charge on any atom is -0.345 e. The molecular weight excluding hydrogens is 232 g/mol. The van der Waals surface area contributed by atoms with Crippen molar-refractivity contribution in [2.24, 2.45) is 0 Å². The summed E-state index contributed by atoms with van der Waals surface area (Å²) in [5.41, 5.74) is 1.16. The number of carbonyl (C=O) groups excluding carboxylic acids is 1. The number of carbonyl (C=O) groups is 1. The van der Waals surface area contributed by atoms with Gasteiger partial charge in [-0.15, -0.1) is 11.8 Å². The average molecular weight is 250 g/mol. The number of likely N-dealkylation sites (N-methyl/N-ethyl adjacent to an activating group) is 1. The quantitative estimate of drug-likeness (QED) is 0.782. The standard InChI is InChI=1S/C13H18N2OS/c1-14-9-12(16)15-13(7-8-13)10-5-3-4-6-11(10)17-2/h3-6,14H,7-9H2,1-2H3,(H,15,16). The molecule has 17 heavy (non-hydrogen) atoms. The molecule has 1 aromatic rings. The second-order valence-corrected chi connectivity index (χ2v) is 5.21. The van der Waals surface area contributed by atoms with E-state index in [1.165, 1.54) is 10.5 Å². The van der Waals surface area contributed by atoms with Gasteiger partial charge in [-0.25, -0.2) is 0 Å². The summed E-state index contributed by atoms with van der Waals surface area (Å²) >= 11 is 1.74. The predicted octanol–water partition coefficient (Wildman–Crippen LogP) is 1.73.